The quantitative estimate of drug-likeness (QED) is 0.861. The number of aromatic nitrogens is 1. The van der Waals surface area contributed by atoms with Crippen molar-refractivity contribution >= 4 is 11.6 Å². The topological polar surface area (TPSA) is 63.2 Å². The molecule has 0 unspecified atom stereocenters. The van der Waals surface area contributed by atoms with Crippen LogP contribution in [0.5, 0.6) is 5.88 Å². The number of nitrogens with zero attached hydrogens (tertiary/aromatic N) is 1. The van der Waals surface area contributed by atoms with E-state index in [1.807, 2.05) is 50.2 Å². The Morgan fingerprint density at radius 1 is 1.14 bits per heavy atom. The first-order chi connectivity index (χ1) is 10.6. The number of carbonyl (C=O) groups excluding carboxylic acids is 1. The molecule has 1 aromatic heterocycles. The largest absolute Gasteiger partial charge is 0.481 e. The monoisotopic (exact) mass is 299 g/mol. The SMILES string of the molecule is COc1ccc(N[C@@H](C)C(=O)N[C@@H](C)c2ccccc2)cn1. The number of methoxy groups -OCH3 is 1. The number of carbonyl (C=O) groups is 1. The van der Waals surface area contributed by atoms with E-state index < -0.39 is 0 Å². The van der Waals surface area contributed by atoms with Gasteiger partial charge in [0.1, 0.15) is 6.04 Å². The van der Waals surface area contributed by atoms with Crippen LogP contribution in [0.25, 0.3) is 0 Å². The zero-order valence-corrected chi connectivity index (χ0v) is 13.0. The fourth-order valence-corrected chi connectivity index (χ4v) is 2.07. The fraction of sp³-hybridized carbons (Fsp3) is 0.294. The van der Waals surface area contributed by atoms with Gasteiger partial charge in [-0.2, -0.15) is 0 Å². The van der Waals surface area contributed by atoms with Crippen molar-refractivity contribution in [2.45, 2.75) is 25.9 Å². The van der Waals surface area contributed by atoms with Crippen LogP contribution in [0.2, 0.25) is 0 Å². The number of amides is 1. The van der Waals surface area contributed by atoms with Crippen LogP contribution in [-0.2, 0) is 4.79 Å². The average molecular weight is 299 g/mol. The molecule has 0 saturated heterocycles. The molecule has 1 amide bonds. The van der Waals surface area contributed by atoms with E-state index in [-0.39, 0.29) is 18.0 Å². The molecule has 2 atom stereocenters. The molecule has 2 aromatic rings. The summed E-state index contributed by atoms with van der Waals surface area (Å²) in [5, 5.41) is 6.11. The van der Waals surface area contributed by atoms with Crippen LogP contribution in [0.3, 0.4) is 0 Å². The molecule has 0 bridgehead atoms. The normalized spacial score (nSPS) is 13.0. The van der Waals surface area contributed by atoms with Gasteiger partial charge in [0, 0.05) is 6.07 Å². The smallest absolute Gasteiger partial charge is 0.242 e. The van der Waals surface area contributed by atoms with E-state index >= 15 is 0 Å². The lowest BCUT2D eigenvalue weighted by Gasteiger charge is -2.19. The van der Waals surface area contributed by atoms with Crippen LogP contribution in [0.4, 0.5) is 5.69 Å². The van der Waals surface area contributed by atoms with Crippen molar-refractivity contribution in [3.05, 3.63) is 54.2 Å². The summed E-state index contributed by atoms with van der Waals surface area (Å²) in [4.78, 5) is 16.3. The highest BCUT2D eigenvalue weighted by Crippen LogP contribution is 2.14. The van der Waals surface area contributed by atoms with Gasteiger partial charge >= 0.3 is 0 Å². The molecule has 1 aromatic carbocycles. The number of hydrogen-bond acceptors (Lipinski definition) is 4. The van der Waals surface area contributed by atoms with E-state index in [9.17, 15) is 4.79 Å². The van der Waals surface area contributed by atoms with Crippen LogP contribution in [0.1, 0.15) is 25.5 Å². The molecule has 5 nitrogen and oxygen atoms in total. The van der Waals surface area contributed by atoms with Crippen LogP contribution in [0, 0.1) is 0 Å². The highest BCUT2D eigenvalue weighted by Gasteiger charge is 2.16. The molecule has 116 valence electrons. The van der Waals surface area contributed by atoms with Crippen LogP contribution in [0.15, 0.2) is 48.7 Å². The molecule has 0 spiro atoms. The van der Waals surface area contributed by atoms with Gasteiger partial charge in [0.15, 0.2) is 0 Å². The van der Waals surface area contributed by atoms with Crippen molar-refractivity contribution in [1.82, 2.24) is 10.3 Å². The third kappa shape index (κ3) is 4.22. The molecule has 0 saturated carbocycles. The predicted molar refractivity (Wildman–Crippen MR) is 86.9 cm³/mol. The van der Waals surface area contributed by atoms with Gasteiger partial charge in [0.2, 0.25) is 11.8 Å². The van der Waals surface area contributed by atoms with E-state index in [1.54, 1.807) is 19.4 Å². The van der Waals surface area contributed by atoms with Crippen molar-refractivity contribution in [2.24, 2.45) is 0 Å². The Morgan fingerprint density at radius 2 is 1.86 bits per heavy atom. The zero-order valence-electron chi connectivity index (χ0n) is 13.0. The van der Waals surface area contributed by atoms with Gasteiger partial charge in [-0.25, -0.2) is 4.98 Å². The summed E-state index contributed by atoms with van der Waals surface area (Å²) in [6.45, 7) is 3.78. The second kappa shape index (κ2) is 7.45. The summed E-state index contributed by atoms with van der Waals surface area (Å²) >= 11 is 0. The number of anilines is 1. The van der Waals surface area contributed by atoms with Gasteiger partial charge in [-0.3, -0.25) is 4.79 Å². The van der Waals surface area contributed by atoms with Crippen LogP contribution in [-0.4, -0.2) is 24.0 Å². The molecular weight excluding hydrogens is 278 g/mol. The maximum atomic E-state index is 12.2. The molecule has 0 aliphatic heterocycles. The lowest BCUT2D eigenvalue weighted by molar-refractivity contribution is -0.122. The zero-order chi connectivity index (χ0) is 15.9. The summed E-state index contributed by atoms with van der Waals surface area (Å²) in [5.41, 5.74) is 1.85. The Morgan fingerprint density at radius 3 is 2.45 bits per heavy atom. The summed E-state index contributed by atoms with van der Waals surface area (Å²) in [6.07, 6.45) is 1.64. The summed E-state index contributed by atoms with van der Waals surface area (Å²) in [6, 6.07) is 13.1. The molecule has 0 aliphatic rings. The highest BCUT2D eigenvalue weighted by atomic mass is 16.5. The van der Waals surface area contributed by atoms with Crippen molar-refractivity contribution in [2.75, 3.05) is 12.4 Å². The molecular formula is C17H21N3O2. The molecule has 0 fully saturated rings. The molecule has 5 heteroatoms. The van der Waals surface area contributed by atoms with E-state index in [1.165, 1.54) is 0 Å². The van der Waals surface area contributed by atoms with Crippen molar-refractivity contribution in [3.8, 4) is 5.88 Å². The Kier molecular flexibility index (Phi) is 5.36. The maximum absolute atomic E-state index is 12.2. The van der Waals surface area contributed by atoms with Crippen LogP contribution >= 0.6 is 0 Å². The lowest BCUT2D eigenvalue weighted by atomic mass is 10.1. The Bertz CT molecular complexity index is 599. The molecule has 2 rings (SSSR count). The predicted octanol–water partition coefficient (Wildman–Crippen LogP) is 2.77. The van der Waals surface area contributed by atoms with E-state index in [2.05, 4.69) is 15.6 Å². The second-order valence-electron chi connectivity index (χ2n) is 5.10. The maximum Gasteiger partial charge on any atom is 0.242 e. The first-order valence-electron chi connectivity index (χ1n) is 7.22. The molecule has 0 radical (unpaired) electrons. The molecule has 0 aliphatic carbocycles. The summed E-state index contributed by atoms with van der Waals surface area (Å²) in [7, 11) is 1.57. The first-order valence-corrected chi connectivity index (χ1v) is 7.22. The van der Waals surface area contributed by atoms with E-state index in [4.69, 9.17) is 4.74 Å². The first kappa shape index (κ1) is 15.8. The fourth-order valence-electron chi connectivity index (χ4n) is 2.07. The lowest BCUT2D eigenvalue weighted by Crippen LogP contribution is -2.38. The van der Waals surface area contributed by atoms with Gasteiger partial charge < -0.3 is 15.4 Å². The Hall–Kier alpha value is -2.56. The Labute approximate surface area is 130 Å². The van der Waals surface area contributed by atoms with Gasteiger partial charge in [-0.15, -0.1) is 0 Å². The summed E-state index contributed by atoms with van der Waals surface area (Å²) < 4.78 is 5.01. The molecule has 2 N–H and O–H groups in total. The van der Waals surface area contributed by atoms with Crippen molar-refractivity contribution in [1.29, 1.82) is 0 Å². The highest BCUT2D eigenvalue weighted by molar-refractivity contribution is 5.84. The van der Waals surface area contributed by atoms with Crippen LogP contribution < -0.4 is 15.4 Å². The van der Waals surface area contributed by atoms with E-state index in [0.29, 0.717) is 5.88 Å². The number of rotatable bonds is 6. The van der Waals surface area contributed by atoms with Gasteiger partial charge in [0.25, 0.3) is 0 Å². The second-order valence-corrected chi connectivity index (χ2v) is 5.10. The van der Waals surface area contributed by atoms with Gasteiger partial charge in [-0.1, -0.05) is 30.3 Å². The van der Waals surface area contributed by atoms with Gasteiger partial charge in [0.05, 0.1) is 25.0 Å². The minimum atomic E-state index is -0.360. The number of pyridine rings is 1. The molecule has 22 heavy (non-hydrogen) atoms. The third-order valence-corrected chi connectivity index (χ3v) is 3.38. The number of benzene rings is 1. The third-order valence-electron chi connectivity index (χ3n) is 3.38. The van der Waals surface area contributed by atoms with E-state index in [0.717, 1.165) is 11.3 Å². The number of ether oxygens (including phenoxy) is 1. The summed E-state index contributed by atoms with van der Waals surface area (Å²) in [5.74, 6) is 0.479. The standard InChI is InChI=1S/C17H21N3O2/c1-12(14-7-5-4-6-8-14)20-17(21)13(2)19-15-9-10-16(22-3)18-11-15/h4-13,19H,1-3H3,(H,20,21)/t12-,13-/m0/s1. The average Bonchev–Trinajstić information content (AvgIpc) is 2.56. The number of hydrogen-bond donors (Lipinski definition) is 2. The minimum Gasteiger partial charge on any atom is -0.481 e. The molecule has 1 heterocycles. The number of nitrogens with one attached hydrogen (secondary N) is 2. The van der Waals surface area contributed by atoms with Gasteiger partial charge in [-0.05, 0) is 25.5 Å². The Balaban J connectivity index is 1.91. The minimum absolute atomic E-state index is 0.0352. The van der Waals surface area contributed by atoms with Crippen molar-refractivity contribution in [3.63, 3.8) is 0 Å². The van der Waals surface area contributed by atoms with Crippen molar-refractivity contribution < 1.29 is 9.53 Å².